The minimum absolute atomic E-state index is 1.23. The summed E-state index contributed by atoms with van der Waals surface area (Å²) in [5.74, 6) is 0. The van der Waals surface area contributed by atoms with Crippen LogP contribution < -0.4 is 0 Å². The Kier molecular flexibility index (Phi) is 7.25. The summed E-state index contributed by atoms with van der Waals surface area (Å²) < 4.78 is 0. The van der Waals surface area contributed by atoms with E-state index in [0.717, 1.165) is 0 Å². The quantitative estimate of drug-likeness (QED) is 0.180. The van der Waals surface area contributed by atoms with Gasteiger partial charge in [-0.15, -0.1) is 34.0 Å². The van der Waals surface area contributed by atoms with Gasteiger partial charge in [-0.3, -0.25) is 0 Å². The summed E-state index contributed by atoms with van der Waals surface area (Å²) in [5.41, 5.74) is 11.2. The Morgan fingerprint density at radius 3 is 0.714 bits per heavy atom. The van der Waals surface area contributed by atoms with Gasteiger partial charge in [0.25, 0.3) is 0 Å². The van der Waals surface area contributed by atoms with Gasteiger partial charge in [-0.05, 0) is 125 Å². The van der Waals surface area contributed by atoms with Crippen molar-refractivity contribution in [1.29, 1.82) is 0 Å². The molecule has 0 atom stereocenters. The van der Waals surface area contributed by atoms with Crippen molar-refractivity contribution in [3.8, 4) is 64.7 Å². The molecule has 0 aliphatic heterocycles. The van der Waals surface area contributed by atoms with Crippen LogP contribution in [0, 0.1) is 20.8 Å². The Morgan fingerprint density at radius 2 is 0.500 bits per heavy atom. The second kappa shape index (κ2) is 11.3. The van der Waals surface area contributed by atoms with Crippen LogP contribution in [-0.2, 0) is 0 Å². The molecule has 4 aromatic carbocycles. The Balaban J connectivity index is 1.28. The molecule has 0 spiro atoms. The van der Waals surface area contributed by atoms with Crippen molar-refractivity contribution in [3.63, 3.8) is 0 Å². The SMILES string of the molecule is Cc1ccc(-c2ccc(-c3cc(-c4ccc(-c5ccc(C)s5)cc4)cc(-c4ccc(-c5ccc(C)s5)cc4)c3)cc2)s1. The zero-order valence-corrected chi connectivity index (χ0v) is 26.3. The van der Waals surface area contributed by atoms with Crippen LogP contribution in [0.15, 0.2) is 127 Å². The topological polar surface area (TPSA) is 0 Å². The molecule has 0 saturated carbocycles. The van der Waals surface area contributed by atoms with Gasteiger partial charge in [-0.1, -0.05) is 72.8 Å². The van der Waals surface area contributed by atoms with Crippen molar-refractivity contribution in [2.24, 2.45) is 0 Å². The number of aryl methyl sites for hydroxylation is 3. The Labute approximate surface area is 260 Å². The molecular formula is C39H30S3. The average molecular weight is 595 g/mol. The molecule has 0 unspecified atom stereocenters. The summed E-state index contributed by atoms with van der Waals surface area (Å²) >= 11 is 5.53. The molecule has 3 aromatic heterocycles. The fraction of sp³-hybridized carbons (Fsp3) is 0.0769. The largest absolute Gasteiger partial charge is 0.141 e. The van der Waals surface area contributed by atoms with Gasteiger partial charge < -0.3 is 0 Å². The zero-order chi connectivity index (χ0) is 28.6. The molecule has 0 bridgehead atoms. The van der Waals surface area contributed by atoms with Gasteiger partial charge in [-0.2, -0.15) is 0 Å². The normalized spacial score (nSPS) is 11.2. The maximum Gasteiger partial charge on any atom is 0.0345 e. The van der Waals surface area contributed by atoms with Gasteiger partial charge in [0, 0.05) is 29.3 Å². The fourth-order valence-corrected chi connectivity index (χ4v) is 8.00. The van der Waals surface area contributed by atoms with Crippen LogP contribution in [0.5, 0.6) is 0 Å². The van der Waals surface area contributed by atoms with Gasteiger partial charge in [-0.25, -0.2) is 0 Å². The second-order valence-electron chi connectivity index (χ2n) is 10.8. The highest BCUT2D eigenvalue weighted by molar-refractivity contribution is 7.16. The third kappa shape index (κ3) is 5.56. The molecule has 0 nitrogen and oxygen atoms in total. The maximum absolute atomic E-state index is 2.33. The van der Waals surface area contributed by atoms with E-state index in [1.807, 2.05) is 34.0 Å². The molecule has 0 radical (unpaired) electrons. The lowest BCUT2D eigenvalue weighted by Crippen LogP contribution is -1.87. The molecule has 0 N–H and O–H groups in total. The molecule has 42 heavy (non-hydrogen) atoms. The molecular weight excluding hydrogens is 565 g/mol. The van der Waals surface area contributed by atoms with Crippen LogP contribution in [0.1, 0.15) is 14.6 Å². The predicted molar refractivity (Wildman–Crippen MR) is 187 cm³/mol. The lowest BCUT2D eigenvalue weighted by Gasteiger charge is -2.13. The predicted octanol–water partition coefficient (Wildman–Crippen LogP) is 12.8. The van der Waals surface area contributed by atoms with Crippen LogP contribution >= 0.6 is 34.0 Å². The van der Waals surface area contributed by atoms with E-state index in [-0.39, 0.29) is 0 Å². The smallest absolute Gasteiger partial charge is 0.0345 e. The maximum atomic E-state index is 2.33. The summed E-state index contributed by atoms with van der Waals surface area (Å²) in [6, 6.07) is 47.3. The highest BCUT2D eigenvalue weighted by Gasteiger charge is 2.10. The molecule has 0 aliphatic carbocycles. The summed E-state index contributed by atoms with van der Waals surface area (Å²) in [7, 11) is 0. The van der Waals surface area contributed by atoms with Crippen molar-refractivity contribution in [3.05, 3.63) is 142 Å². The lowest BCUT2D eigenvalue weighted by molar-refractivity contribution is 1.56. The van der Waals surface area contributed by atoms with Crippen molar-refractivity contribution in [2.45, 2.75) is 20.8 Å². The summed E-state index contributed by atoms with van der Waals surface area (Å²) in [6.45, 7) is 6.49. The third-order valence-corrected chi connectivity index (χ3v) is 10.8. The molecule has 0 amide bonds. The number of hydrogen-bond donors (Lipinski definition) is 0. The van der Waals surface area contributed by atoms with E-state index >= 15 is 0 Å². The van der Waals surface area contributed by atoms with E-state index in [9.17, 15) is 0 Å². The molecule has 204 valence electrons. The fourth-order valence-electron chi connectivity index (χ4n) is 5.38. The second-order valence-corrected chi connectivity index (χ2v) is 14.6. The summed E-state index contributed by atoms with van der Waals surface area (Å²) in [6.07, 6.45) is 0. The zero-order valence-electron chi connectivity index (χ0n) is 23.8. The van der Waals surface area contributed by atoms with Crippen LogP contribution in [0.25, 0.3) is 64.7 Å². The average Bonchev–Trinajstić information content (AvgIpc) is 3.78. The van der Waals surface area contributed by atoms with Gasteiger partial charge in [0.15, 0.2) is 0 Å². The van der Waals surface area contributed by atoms with Gasteiger partial charge in [0.05, 0.1) is 0 Å². The van der Waals surface area contributed by atoms with Crippen LogP contribution in [0.3, 0.4) is 0 Å². The first-order valence-corrected chi connectivity index (χ1v) is 16.6. The van der Waals surface area contributed by atoms with E-state index < -0.39 is 0 Å². The van der Waals surface area contributed by atoms with Crippen molar-refractivity contribution < 1.29 is 0 Å². The Hall–Kier alpha value is -4.02. The minimum atomic E-state index is 1.23. The lowest BCUT2D eigenvalue weighted by atomic mass is 9.92. The summed E-state index contributed by atoms with van der Waals surface area (Å²) in [5, 5.41) is 0. The first-order chi connectivity index (χ1) is 20.5. The van der Waals surface area contributed by atoms with Crippen molar-refractivity contribution >= 4 is 34.0 Å². The van der Waals surface area contributed by atoms with E-state index in [4.69, 9.17) is 0 Å². The van der Waals surface area contributed by atoms with Gasteiger partial charge >= 0.3 is 0 Å². The third-order valence-electron chi connectivity index (χ3n) is 7.66. The molecule has 0 saturated heterocycles. The van der Waals surface area contributed by atoms with E-state index in [1.54, 1.807) is 0 Å². The number of rotatable bonds is 6. The van der Waals surface area contributed by atoms with Crippen LogP contribution in [0.4, 0.5) is 0 Å². The van der Waals surface area contributed by atoms with Crippen LogP contribution in [0.2, 0.25) is 0 Å². The van der Waals surface area contributed by atoms with E-state index in [0.29, 0.717) is 0 Å². The standard InChI is InChI=1S/C39H30S3/c1-25-4-19-37(40-25)31-13-7-28(8-14-31)34-22-35(29-9-15-32(16-10-29)38-20-5-26(2)41-38)24-36(23-34)30-11-17-33(18-12-30)39-21-6-27(3)42-39/h4-24H,1-3H3. The molecule has 0 fully saturated rings. The summed E-state index contributed by atoms with van der Waals surface area (Å²) in [4.78, 5) is 7.97. The number of hydrogen-bond acceptors (Lipinski definition) is 3. The first kappa shape index (κ1) is 26.9. The number of benzene rings is 4. The number of thiophene rings is 3. The molecule has 7 rings (SSSR count). The Bertz CT molecular complexity index is 1730. The van der Waals surface area contributed by atoms with Crippen LogP contribution in [-0.4, -0.2) is 0 Å². The van der Waals surface area contributed by atoms with Gasteiger partial charge in [0.2, 0.25) is 0 Å². The van der Waals surface area contributed by atoms with E-state index in [1.165, 1.54) is 79.3 Å². The van der Waals surface area contributed by atoms with Gasteiger partial charge in [0.1, 0.15) is 0 Å². The molecule has 7 aromatic rings. The minimum Gasteiger partial charge on any atom is -0.141 e. The monoisotopic (exact) mass is 594 g/mol. The van der Waals surface area contributed by atoms with Crippen molar-refractivity contribution in [2.75, 3.05) is 0 Å². The Morgan fingerprint density at radius 1 is 0.262 bits per heavy atom. The molecule has 0 aliphatic rings. The highest BCUT2D eigenvalue weighted by atomic mass is 32.1. The molecule has 3 heterocycles. The highest BCUT2D eigenvalue weighted by Crippen LogP contribution is 2.37. The van der Waals surface area contributed by atoms with Crippen molar-refractivity contribution in [1.82, 2.24) is 0 Å². The molecule has 3 heteroatoms. The van der Waals surface area contributed by atoms with E-state index in [2.05, 4.69) is 148 Å². The first-order valence-electron chi connectivity index (χ1n) is 14.2.